The molecular formula is C8H14N2O2. The minimum Gasteiger partial charge on any atom is -0.447 e. The van der Waals surface area contributed by atoms with E-state index in [1.165, 1.54) is 19.3 Å². The van der Waals surface area contributed by atoms with E-state index in [-0.39, 0.29) is 12.1 Å². The molecule has 0 bridgehead atoms. The Morgan fingerprint density at radius 2 is 2.42 bits per heavy atom. The molecule has 0 aromatic rings. The molecule has 1 saturated heterocycles. The molecule has 2 fully saturated rings. The molecule has 2 N–H and O–H groups in total. The fourth-order valence-electron chi connectivity index (χ4n) is 1.46. The summed E-state index contributed by atoms with van der Waals surface area (Å²) < 4.78 is 4.76. The van der Waals surface area contributed by atoms with Gasteiger partial charge >= 0.3 is 6.09 Å². The maximum atomic E-state index is 10.6. The molecule has 0 aromatic heterocycles. The molecule has 12 heavy (non-hydrogen) atoms. The van der Waals surface area contributed by atoms with Crippen LogP contribution in [-0.2, 0) is 4.74 Å². The summed E-state index contributed by atoms with van der Waals surface area (Å²) in [6.07, 6.45) is 3.62. The lowest BCUT2D eigenvalue weighted by Crippen LogP contribution is -2.44. The van der Waals surface area contributed by atoms with Crippen molar-refractivity contribution in [3.8, 4) is 0 Å². The van der Waals surface area contributed by atoms with E-state index in [9.17, 15) is 4.79 Å². The number of amides is 1. The van der Waals surface area contributed by atoms with Gasteiger partial charge in [-0.15, -0.1) is 0 Å². The maximum Gasteiger partial charge on any atom is 0.407 e. The van der Waals surface area contributed by atoms with Gasteiger partial charge in [0.2, 0.25) is 0 Å². The number of rotatable bonds is 3. The second kappa shape index (κ2) is 3.31. The highest BCUT2D eigenvalue weighted by Crippen LogP contribution is 2.17. The quantitative estimate of drug-likeness (QED) is 0.637. The van der Waals surface area contributed by atoms with Crippen LogP contribution < -0.4 is 10.6 Å². The van der Waals surface area contributed by atoms with Gasteiger partial charge in [0.05, 0.1) is 6.04 Å². The molecule has 1 aliphatic carbocycles. The highest BCUT2D eigenvalue weighted by Gasteiger charge is 2.24. The van der Waals surface area contributed by atoms with E-state index >= 15 is 0 Å². The molecule has 4 heteroatoms. The summed E-state index contributed by atoms with van der Waals surface area (Å²) >= 11 is 0. The van der Waals surface area contributed by atoms with E-state index in [4.69, 9.17) is 4.74 Å². The molecule has 1 atom stereocenters. The van der Waals surface area contributed by atoms with Crippen LogP contribution >= 0.6 is 0 Å². The Balaban J connectivity index is 1.63. The standard InChI is InChI=1S/C8H14N2O2/c11-8-10-7(5-12-8)4-9-6-2-1-3-6/h6-7,9H,1-5H2,(H,10,11). The average Bonchev–Trinajstić information content (AvgIpc) is 2.32. The topological polar surface area (TPSA) is 50.4 Å². The van der Waals surface area contributed by atoms with Crippen LogP contribution in [0, 0.1) is 0 Å². The molecule has 0 aromatic carbocycles. The van der Waals surface area contributed by atoms with Gasteiger partial charge in [-0.1, -0.05) is 6.42 Å². The van der Waals surface area contributed by atoms with Crippen LogP contribution in [0.25, 0.3) is 0 Å². The summed E-state index contributed by atoms with van der Waals surface area (Å²) in [6, 6.07) is 0.862. The van der Waals surface area contributed by atoms with Crippen molar-refractivity contribution >= 4 is 6.09 Å². The van der Waals surface area contributed by atoms with Crippen molar-refractivity contribution in [3.63, 3.8) is 0 Å². The predicted molar refractivity (Wildman–Crippen MR) is 43.9 cm³/mol. The van der Waals surface area contributed by atoms with Gasteiger partial charge in [-0.2, -0.15) is 0 Å². The first-order valence-corrected chi connectivity index (χ1v) is 4.51. The first-order chi connectivity index (χ1) is 5.84. The number of alkyl carbamates (subject to hydrolysis) is 1. The molecule has 1 heterocycles. The van der Waals surface area contributed by atoms with Crippen LogP contribution in [0.1, 0.15) is 19.3 Å². The maximum absolute atomic E-state index is 10.6. The molecule has 2 aliphatic rings. The summed E-state index contributed by atoms with van der Waals surface area (Å²) in [5.74, 6) is 0. The summed E-state index contributed by atoms with van der Waals surface area (Å²) in [6.45, 7) is 1.36. The fourth-order valence-corrected chi connectivity index (χ4v) is 1.46. The molecule has 0 radical (unpaired) electrons. The van der Waals surface area contributed by atoms with Crippen molar-refractivity contribution in [2.45, 2.75) is 31.3 Å². The van der Waals surface area contributed by atoms with Crippen LogP contribution in [0.5, 0.6) is 0 Å². The predicted octanol–water partition coefficient (Wildman–Crippen LogP) is 0.237. The van der Waals surface area contributed by atoms with Crippen LogP contribution in [0.3, 0.4) is 0 Å². The Kier molecular flexibility index (Phi) is 2.17. The summed E-state index contributed by atoms with van der Waals surface area (Å²) in [7, 11) is 0. The number of nitrogens with one attached hydrogen (secondary N) is 2. The number of cyclic esters (lactones) is 1. The number of hydrogen-bond donors (Lipinski definition) is 2. The molecule has 4 nitrogen and oxygen atoms in total. The van der Waals surface area contributed by atoms with E-state index in [2.05, 4.69) is 10.6 Å². The molecule has 0 spiro atoms. The van der Waals surface area contributed by atoms with E-state index in [1.54, 1.807) is 0 Å². The molecule has 1 amide bonds. The Labute approximate surface area is 71.7 Å². The van der Waals surface area contributed by atoms with Crippen molar-refractivity contribution in [3.05, 3.63) is 0 Å². The molecule has 68 valence electrons. The minimum absolute atomic E-state index is 0.179. The van der Waals surface area contributed by atoms with Gasteiger partial charge in [-0.3, -0.25) is 0 Å². The Bertz CT molecular complexity index is 180. The highest BCUT2D eigenvalue weighted by molar-refractivity contribution is 5.69. The average molecular weight is 170 g/mol. The van der Waals surface area contributed by atoms with Gasteiger partial charge in [0.15, 0.2) is 0 Å². The summed E-state index contributed by atoms with van der Waals surface area (Å²) in [5, 5.41) is 6.12. The molecule has 1 aliphatic heterocycles. The molecule has 1 saturated carbocycles. The number of carbonyl (C=O) groups excluding carboxylic acids is 1. The van der Waals surface area contributed by atoms with Crippen molar-refractivity contribution in [2.24, 2.45) is 0 Å². The van der Waals surface area contributed by atoms with E-state index < -0.39 is 0 Å². The largest absolute Gasteiger partial charge is 0.447 e. The third-order valence-electron chi connectivity index (χ3n) is 2.50. The third-order valence-corrected chi connectivity index (χ3v) is 2.50. The highest BCUT2D eigenvalue weighted by atomic mass is 16.6. The van der Waals surface area contributed by atoms with Crippen molar-refractivity contribution in [1.82, 2.24) is 10.6 Å². The smallest absolute Gasteiger partial charge is 0.407 e. The van der Waals surface area contributed by atoms with Crippen molar-refractivity contribution < 1.29 is 9.53 Å². The zero-order valence-electron chi connectivity index (χ0n) is 7.01. The summed E-state index contributed by atoms with van der Waals surface area (Å²) in [4.78, 5) is 10.6. The normalized spacial score (nSPS) is 29.3. The second-order valence-corrected chi connectivity index (χ2v) is 3.48. The Hall–Kier alpha value is -0.770. The monoisotopic (exact) mass is 170 g/mol. The lowest BCUT2D eigenvalue weighted by Gasteiger charge is -2.27. The SMILES string of the molecule is O=C1NC(CNC2CCC2)CO1. The van der Waals surface area contributed by atoms with E-state index in [1.807, 2.05) is 0 Å². The second-order valence-electron chi connectivity index (χ2n) is 3.48. The zero-order chi connectivity index (χ0) is 8.39. The Morgan fingerprint density at radius 1 is 1.58 bits per heavy atom. The zero-order valence-corrected chi connectivity index (χ0v) is 7.01. The Morgan fingerprint density at radius 3 is 2.92 bits per heavy atom. The van der Waals surface area contributed by atoms with E-state index in [0.29, 0.717) is 12.6 Å². The number of carbonyl (C=O) groups is 1. The van der Waals surface area contributed by atoms with Gasteiger partial charge in [0.25, 0.3) is 0 Å². The van der Waals surface area contributed by atoms with Gasteiger partial charge in [0.1, 0.15) is 6.61 Å². The van der Waals surface area contributed by atoms with Crippen molar-refractivity contribution in [1.29, 1.82) is 0 Å². The minimum atomic E-state index is -0.282. The lowest BCUT2D eigenvalue weighted by molar-refractivity contribution is 0.176. The van der Waals surface area contributed by atoms with Gasteiger partial charge in [-0.05, 0) is 12.8 Å². The van der Waals surface area contributed by atoms with Crippen LogP contribution in [-0.4, -0.2) is 31.3 Å². The molecular weight excluding hydrogens is 156 g/mol. The van der Waals surface area contributed by atoms with Crippen LogP contribution in [0.15, 0.2) is 0 Å². The molecule has 1 unspecified atom stereocenters. The van der Waals surface area contributed by atoms with Crippen LogP contribution in [0.2, 0.25) is 0 Å². The first-order valence-electron chi connectivity index (χ1n) is 4.51. The number of hydrogen-bond acceptors (Lipinski definition) is 3. The van der Waals surface area contributed by atoms with Gasteiger partial charge < -0.3 is 15.4 Å². The third kappa shape index (κ3) is 1.69. The van der Waals surface area contributed by atoms with E-state index in [0.717, 1.165) is 6.54 Å². The lowest BCUT2D eigenvalue weighted by atomic mass is 9.93. The van der Waals surface area contributed by atoms with Gasteiger partial charge in [0, 0.05) is 12.6 Å². The van der Waals surface area contributed by atoms with Crippen LogP contribution in [0.4, 0.5) is 4.79 Å². The van der Waals surface area contributed by atoms with Gasteiger partial charge in [-0.25, -0.2) is 4.79 Å². The fraction of sp³-hybridized carbons (Fsp3) is 0.875. The summed E-state index contributed by atoms with van der Waals surface area (Å²) in [5.41, 5.74) is 0. The molecule has 2 rings (SSSR count). The number of ether oxygens (including phenoxy) is 1. The first kappa shape index (κ1) is 7.86. The van der Waals surface area contributed by atoms with Crippen molar-refractivity contribution in [2.75, 3.05) is 13.2 Å².